The molecule has 0 radical (unpaired) electrons. The number of hydrogen-bond acceptors (Lipinski definition) is 4. The molecule has 1 aromatic carbocycles. The van der Waals surface area contributed by atoms with Gasteiger partial charge in [0.15, 0.2) is 0 Å². The monoisotopic (exact) mass is 396 g/mol. The van der Waals surface area contributed by atoms with E-state index in [0.29, 0.717) is 18.8 Å². The lowest BCUT2D eigenvalue weighted by molar-refractivity contribution is -0.115. The molecule has 0 aliphatic heterocycles. The van der Waals surface area contributed by atoms with Crippen molar-refractivity contribution in [3.8, 4) is 0 Å². The molecule has 2 N–H and O–H groups in total. The summed E-state index contributed by atoms with van der Waals surface area (Å²) in [6, 6.07) is 15.3. The summed E-state index contributed by atoms with van der Waals surface area (Å²) < 4.78 is 0.994. The van der Waals surface area contributed by atoms with E-state index in [-0.39, 0.29) is 5.91 Å². The number of hydrogen-bond donors (Lipinski definition) is 2. The second-order valence-electron chi connectivity index (χ2n) is 5.49. The number of nitrogens with zero attached hydrogens (tertiary/aromatic N) is 2. The zero-order chi connectivity index (χ0) is 17.5. The maximum Gasteiger partial charge on any atom is 0.229 e. The first kappa shape index (κ1) is 17.1. The molecular formula is C19H17BrN4O. The molecule has 6 heteroatoms. The smallest absolute Gasteiger partial charge is 0.229 e. The Morgan fingerprint density at radius 2 is 1.72 bits per heavy atom. The molecule has 0 fully saturated rings. The van der Waals surface area contributed by atoms with Gasteiger partial charge < -0.3 is 10.6 Å². The van der Waals surface area contributed by atoms with Gasteiger partial charge in [-0.15, -0.1) is 0 Å². The van der Waals surface area contributed by atoms with Gasteiger partial charge in [0.2, 0.25) is 5.91 Å². The number of halogens is 1. The van der Waals surface area contributed by atoms with Gasteiger partial charge in [-0.25, -0.2) is 4.98 Å². The summed E-state index contributed by atoms with van der Waals surface area (Å²) in [6.07, 6.45) is 5.55. The van der Waals surface area contributed by atoms with E-state index in [4.69, 9.17) is 0 Å². The van der Waals surface area contributed by atoms with Crippen LogP contribution < -0.4 is 10.6 Å². The Morgan fingerprint density at radius 3 is 2.40 bits per heavy atom. The van der Waals surface area contributed by atoms with Crippen LogP contribution in [0.15, 0.2) is 71.6 Å². The molecule has 0 spiro atoms. The molecule has 3 rings (SSSR count). The quantitative estimate of drug-likeness (QED) is 0.659. The maximum absolute atomic E-state index is 12.1. The molecule has 0 aliphatic carbocycles. The molecule has 0 saturated heterocycles. The number of nitrogens with one attached hydrogen (secondary N) is 2. The van der Waals surface area contributed by atoms with Gasteiger partial charge in [0.05, 0.1) is 18.3 Å². The van der Waals surface area contributed by atoms with E-state index in [1.807, 2.05) is 42.5 Å². The lowest BCUT2D eigenvalue weighted by Crippen LogP contribution is -2.15. The maximum atomic E-state index is 12.1. The van der Waals surface area contributed by atoms with Gasteiger partial charge >= 0.3 is 0 Å². The van der Waals surface area contributed by atoms with Gasteiger partial charge in [-0.2, -0.15) is 0 Å². The number of benzene rings is 1. The first-order valence-electron chi connectivity index (χ1n) is 7.82. The Hall–Kier alpha value is -2.73. The standard InChI is InChI=1S/C19H17BrN4O/c20-16-3-1-14(2-4-16)11-19(25)24-18-6-5-17(13-23-18)22-12-15-7-9-21-10-8-15/h1-10,13,22H,11-12H2,(H,23,24,25). The summed E-state index contributed by atoms with van der Waals surface area (Å²) in [5.74, 6) is 0.448. The molecule has 25 heavy (non-hydrogen) atoms. The highest BCUT2D eigenvalue weighted by Gasteiger charge is 2.05. The summed E-state index contributed by atoms with van der Waals surface area (Å²) in [5, 5.41) is 6.09. The third-order valence-electron chi connectivity index (χ3n) is 3.55. The molecule has 2 heterocycles. The lowest BCUT2D eigenvalue weighted by atomic mass is 10.1. The van der Waals surface area contributed by atoms with E-state index >= 15 is 0 Å². The molecule has 1 amide bonds. The van der Waals surface area contributed by atoms with Crippen molar-refractivity contribution in [1.82, 2.24) is 9.97 Å². The Labute approximate surface area is 154 Å². The van der Waals surface area contributed by atoms with Gasteiger partial charge in [0.25, 0.3) is 0 Å². The Balaban J connectivity index is 1.51. The second-order valence-corrected chi connectivity index (χ2v) is 6.41. The van der Waals surface area contributed by atoms with E-state index in [2.05, 4.69) is 36.5 Å². The molecule has 0 unspecified atom stereocenters. The fraction of sp³-hybridized carbons (Fsp3) is 0.105. The number of pyridine rings is 2. The summed E-state index contributed by atoms with van der Waals surface area (Å²) >= 11 is 3.38. The first-order chi connectivity index (χ1) is 12.2. The highest BCUT2D eigenvalue weighted by atomic mass is 79.9. The molecule has 0 aliphatic rings. The first-order valence-corrected chi connectivity index (χ1v) is 8.61. The van der Waals surface area contributed by atoms with Crippen LogP contribution in [0, 0.1) is 0 Å². The van der Waals surface area contributed by atoms with Crippen LogP contribution in [0.25, 0.3) is 0 Å². The van der Waals surface area contributed by atoms with Crippen molar-refractivity contribution in [2.75, 3.05) is 10.6 Å². The molecule has 3 aromatic rings. The Bertz CT molecular complexity index is 820. The minimum atomic E-state index is -0.0904. The Kier molecular flexibility index (Phi) is 5.74. The molecule has 126 valence electrons. The fourth-order valence-corrected chi connectivity index (χ4v) is 2.52. The SMILES string of the molecule is O=C(Cc1ccc(Br)cc1)Nc1ccc(NCc2ccncc2)cn1. The normalized spacial score (nSPS) is 10.3. The van der Waals surface area contributed by atoms with E-state index in [9.17, 15) is 4.79 Å². The van der Waals surface area contributed by atoms with Gasteiger partial charge in [-0.3, -0.25) is 9.78 Å². The van der Waals surface area contributed by atoms with Gasteiger partial charge in [-0.1, -0.05) is 28.1 Å². The fourth-order valence-electron chi connectivity index (χ4n) is 2.25. The second kappa shape index (κ2) is 8.39. The van der Waals surface area contributed by atoms with E-state index in [1.165, 1.54) is 0 Å². The summed E-state index contributed by atoms with van der Waals surface area (Å²) in [7, 11) is 0. The van der Waals surface area contributed by atoms with Gasteiger partial charge in [-0.05, 0) is 47.5 Å². The molecule has 0 atom stereocenters. The highest BCUT2D eigenvalue weighted by molar-refractivity contribution is 9.10. The molecule has 0 bridgehead atoms. The number of rotatable bonds is 6. The van der Waals surface area contributed by atoms with Crippen molar-refractivity contribution < 1.29 is 4.79 Å². The van der Waals surface area contributed by atoms with Crippen molar-refractivity contribution >= 4 is 33.3 Å². The number of anilines is 2. The van der Waals surface area contributed by atoms with E-state index < -0.39 is 0 Å². The molecule has 5 nitrogen and oxygen atoms in total. The number of amides is 1. The van der Waals surface area contributed by atoms with E-state index in [1.54, 1.807) is 24.7 Å². The summed E-state index contributed by atoms with van der Waals surface area (Å²) in [5.41, 5.74) is 2.99. The van der Waals surface area contributed by atoms with Crippen molar-refractivity contribution in [2.24, 2.45) is 0 Å². The minimum absolute atomic E-state index is 0.0904. The Morgan fingerprint density at radius 1 is 0.960 bits per heavy atom. The largest absolute Gasteiger partial charge is 0.380 e. The van der Waals surface area contributed by atoms with Gasteiger partial charge in [0, 0.05) is 23.4 Å². The van der Waals surface area contributed by atoms with Crippen LogP contribution in [0.3, 0.4) is 0 Å². The van der Waals surface area contributed by atoms with Gasteiger partial charge in [0.1, 0.15) is 5.82 Å². The third kappa shape index (κ3) is 5.39. The predicted octanol–water partition coefficient (Wildman–Crippen LogP) is 4.03. The number of carbonyl (C=O) groups is 1. The molecular weight excluding hydrogens is 380 g/mol. The number of carbonyl (C=O) groups excluding carboxylic acids is 1. The van der Waals surface area contributed by atoms with Crippen LogP contribution in [0.5, 0.6) is 0 Å². The van der Waals surface area contributed by atoms with E-state index in [0.717, 1.165) is 21.3 Å². The van der Waals surface area contributed by atoms with Crippen molar-refractivity contribution in [3.63, 3.8) is 0 Å². The molecule has 0 saturated carbocycles. The van der Waals surface area contributed by atoms with Crippen LogP contribution in [0.2, 0.25) is 0 Å². The van der Waals surface area contributed by atoms with Crippen LogP contribution in [0.1, 0.15) is 11.1 Å². The summed E-state index contributed by atoms with van der Waals surface area (Å²) in [6.45, 7) is 0.694. The van der Waals surface area contributed by atoms with Crippen LogP contribution in [0.4, 0.5) is 11.5 Å². The van der Waals surface area contributed by atoms with Crippen LogP contribution in [-0.4, -0.2) is 15.9 Å². The average Bonchev–Trinajstić information content (AvgIpc) is 2.64. The van der Waals surface area contributed by atoms with Crippen LogP contribution in [-0.2, 0) is 17.8 Å². The predicted molar refractivity (Wildman–Crippen MR) is 102 cm³/mol. The minimum Gasteiger partial charge on any atom is -0.380 e. The molecule has 2 aromatic heterocycles. The topological polar surface area (TPSA) is 66.9 Å². The van der Waals surface area contributed by atoms with Crippen LogP contribution >= 0.6 is 15.9 Å². The van der Waals surface area contributed by atoms with Crippen molar-refractivity contribution in [3.05, 3.63) is 82.7 Å². The lowest BCUT2D eigenvalue weighted by Gasteiger charge is -2.08. The highest BCUT2D eigenvalue weighted by Crippen LogP contribution is 2.13. The zero-order valence-corrected chi connectivity index (χ0v) is 15.0. The zero-order valence-electron chi connectivity index (χ0n) is 13.4. The third-order valence-corrected chi connectivity index (χ3v) is 4.08. The average molecular weight is 397 g/mol. The van der Waals surface area contributed by atoms with Crippen molar-refractivity contribution in [1.29, 1.82) is 0 Å². The van der Waals surface area contributed by atoms with Crippen molar-refractivity contribution in [2.45, 2.75) is 13.0 Å². The number of aromatic nitrogens is 2. The summed E-state index contributed by atoms with van der Waals surface area (Å²) in [4.78, 5) is 20.3.